The van der Waals surface area contributed by atoms with Gasteiger partial charge in [0.1, 0.15) is 5.82 Å². The number of benzene rings is 1. The van der Waals surface area contributed by atoms with Gasteiger partial charge < -0.3 is 14.6 Å². The Morgan fingerprint density at radius 1 is 1.04 bits per heavy atom. The van der Waals surface area contributed by atoms with Crippen molar-refractivity contribution in [2.45, 2.75) is 6.04 Å². The van der Waals surface area contributed by atoms with Gasteiger partial charge in [-0.2, -0.15) is 0 Å². The number of aromatic nitrogens is 3. The molecule has 3 heterocycles. The van der Waals surface area contributed by atoms with Crippen molar-refractivity contribution < 1.29 is 9.32 Å². The van der Waals surface area contributed by atoms with Crippen LogP contribution in [-0.2, 0) is 0 Å². The van der Waals surface area contributed by atoms with Crippen molar-refractivity contribution in [3.8, 4) is 11.4 Å². The molecule has 6 heteroatoms. The summed E-state index contributed by atoms with van der Waals surface area (Å²) in [5.41, 5.74) is 1.80. The minimum absolute atomic E-state index is 0.176. The number of likely N-dealkylation sites (N-methyl/N-ethyl adjacent to an activating group) is 1. The Bertz CT molecular complexity index is 1020. The summed E-state index contributed by atoms with van der Waals surface area (Å²) in [5.74, 6) is 2.43. The van der Waals surface area contributed by atoms with Crippen molar-refractivity contribution in [3.63, 3.8) is 0 Å². The van der Waals surface area contributed by atoms with Crippen LogP contribution in [0, 0.1) is 0 Å². The molecular weight excluding hydrogens is 338 g/mol. The van der Waals surface area contributed by atoms with Gasteiger partial charge in [0.25, 0.3) is 0 Å². The first-order valence-electron chi connectivity index (χ1n) is 8.97. The lowest BCUT2D eigenvalue weighted by molar-refractivity contribution is -0.891. The largest absolute Gasteiger partial charge is 0.463 e. The molecular formula is C21H22N5O+. The van der Waals surface area contributed by atoms with Crippen LogP contribution in [0.15, 0.2) is 71.6 Å². The van der Waals surface area contributed by atoms with E-state index in [4.69, 9.17) is 14.4 Å². The van der Waals surface area contributed by atoms with E-state index in [2.05, 4.69) is 24.4 Å². The quantitative estimate of drug-likeness (QED) is 0.553. The number of nitrogens with one attached hydrogen (secondary N) is 2. The van der Waals surface area contributed by atoms with Crippen LogP contribution < -0.4 is 10.2 Å². The molecule has 0 aliphatic rings. The van der Waals surface area contributed by atoms with Crippen LogP contribution in [0.3, 0.4) is 0 Å². The molecule has 0 unspecified atom stereocenters. The van der Waals surface area contributed by atoms with Gasteiger partial charge in [-0.05, 0) is 36.4 Å². The molecule has 27 heavy (non-hydrogen) atoms. The Morgan fingerprint density at radius 3 is 2.67 bits per heavy atom. The van der Waals surface area contributed by atoms with Crippen LogP contribution >= 0.6 is 0 Å². The molecule has 4 aromatic rings. The molecule has 0 aliphatic heterocycles. The summed E-state index contributed by atoms with van der Waals surface area (Å²) >= 11 is 0. The summed E-state index contributed by atoms with van der Waals surface area (Å²) in [5, 5.41) is 4.51. The monoisotopic (exact) mass is 360 g/mol. The van der Waals surface area contributed by atoms with E-state index >= 15 is 0 Å². The highest BCUT2D eigenvalue weighted by Crippen LogP contribution is 2.25. The second-order valence-corrected chi connectivity index (χ2v) is 6.68. The molecule has 0 fully saturated rings. The highest BCUT2D eigenvalue weighted by atomic mass is 16.3. The van der Waals surface area contributed by atoms with Crippen LogP contribution in [0.4, 0.5) is 5.82 Å². The van der Waals surface area contributed by atoms with Gasteiger partial charge in [-0.1, -0.05) is 12.1 Å². The standard InChI is InChI=1S/C21H21N5O/c1-26(2)18(19-10-6-12-27-19)14-23-21-16-8-3-4-9-17(16)24-20(25-21)15-7-5-11-22-13-15/h3-13,18H,14H2,1-2H3,(H,23,24,25)/p+1/t18-/m1/s1. The summed E-state index contributed by atoms with van der Waals surface area (Å²) in [6.45, 7) is 0.698. The number of furan rings is 1. The molecule has 0 radical (unpaired) electrons. The lowest BCUT2D eigenvalue weighted by Gasteiger charge is -2.20. The van der Waals surface area contributed by atoms with Gasteiger partial charge in [0, 0.05) is 23.3 Å². The first-order chi connectivity index (χ1) is 13.2. The summed E-state index contributed by atoms with van der Waals surface area (Å²) in [6, 6.07) is 16.0. The molecule has 0 saturated carbocycles. The smallest absolute Gasteiger partial charge is 0.163 e. The third-order valence-electron chi connectivity index (χ3n) is 4.58. The van der Waals surface area contributed by atoms with E-state index in [0.717, 1.165) is 28.0 Å². The number of anilines is 1. The van der Waals surface area contributed by atoms with E-state index in [1.165, 1.54) is 4.90 Å². The molecule has 1 aromatic carbocycles. The maximum Gasteiger partial charge on any atom is 0.163 e. The Kier molecular flexibility index (Phi) is 4.80. The van der Waals surface area contributed by atoms with Gasteiger partial charge in [0.15, 0.2) is 17.6 Å². The third-order valence-corrected chi connectivity index (χ3v) is 4.58. The summed E-state index contributed by atoms with van der Waals surface area (Å²) in [6.07, 6.45) is 5.24. The number of quaternary nitrogens is 1. The second-order valence-electron chi connectivity index (χ2n) is 6.68. The van der Waals surface area contributed by atoms with E-state index < -0.39 is 0 Å². The molecule has 0 amide bonds. The van der Waals surface area contributed by atoms with Crippen molar-refractivity contribution >= 4 is 16.7 Å². The maximum absolute atomic E-state index is 5.62. The van der Waals surface area contributed by atoms with Crippen molar-refractivity contribution in [1.29, 1.82) is 0 Å². The van der Waals surface area contributed by atoms with Crippen LogP contribution in [0.1, 0.15) is 11.8 Å². The van der Waals surface area contributed by atoms with Gasteiger partial charge in [-0.3, -0.25) is 4.98 Å². The van der Waals surface area contributed by atoms with Crippen LogP contribution in [0.2, 0.25) is 0 Å². The summed E-state index contributed by atoms with van der Waals surface area (Å²) in [7, 11) is 4.24. The van der Waals surface area contributed by atoms with E-state index in [1.807, 2.05) is 48.5 Å². The third kappa shape index (κ3) is 3.66. The summed E-state index contributed by atoms with van der Waals surface area (Å²) < 4.78 is 5.62. The number of para-hydroxylation sites is 1. The maximum atomic E-state index is 5.62. The Labute approximate surface area is 157 Å². The minimum Gasteiger partial charge on any atom is -0.463 e. The SMILES string of the molecule is C[NH+](C)[C@H](CNc1nc(-c2cccnc2)nc2ccccc12)c1ccco1. The van der Waals surface area contributed by atoms with Gasteiger partial charge in [0.05, 0.1) is 32.4 Å². The minimum atomic E-state index is 0.176. The zero-order valence-electron chi connectivity index (χ0n) is 15.4. The van der Waals surface area contributed by atoms with E-state index in [0.29, 0.717) is 12.4 Å². The lowest BCUT2D eigenvalue weighted by Crippen LogP contribution is -3.06. The second kappa shape index (κ2) is 7.55. The van der Waals surface area contributed by atoms with Gasteiger partial charge >= 0.3 is 0 Å². The highest BCUT2D eigenvalue weighted by Gasteiger charge is 2.21. The predicted molar refractivity (Wildman–Crippen MR) is 106 cm³/mol. The first-order valence-corrected chi connectivity index (χ1v) is 8.97. The molecule has 6 nitrogen and oxygen atoms in total. The fourth-order valence-electron chi connectivity index (χ4n) is 3.11. The van der Waals surface area contributed by atoms with Gasteiger partial charge in [-0.25, -0.2) is 9.97 Å². The molecule has 0 saturated heterocycles. The molecule has 0 spiro atoms. The fraction of sp³-hybridized carbons (Fsp3) is 0.190. The molecule has 0 aliphatic carbocycles. The molecule has 4 rings (SSSR count). The highest BCUT2D eigenvalue weighted by molar-refractivity contribution is 5.90. The van der Waals surface area contributed by atoms with Crippen molar-refractivity contribution in [1.82, 2.24) is 15.0 Å². The van der Waals surface area contributed by atoms with Gasteiger partial charge in [0.2, 0.25) is 0 Å². The Morgan fingerprint density at radius 2 is 1.93 bits per heavy atom. The average Bonchev–Trinajstić information content (AvgIpc) is 3.22. The topological polar surface area (TPSA) is 68.3 Å². The van der Waals surface area contributed by atoms with Crippen LogP contribution in [0.5, 0.6) is 0 Å². The van der Waals surface area contributed by atoms with Crippen molar-refractivity contribution in [3.05, 3.63) is 72.9 Å². The lowest BCUT2D eigenvalue weighted by atomic mass is 10.2. The molecule has 136 valence electrons. The van der Waals surface area contributed by atoms with E-state index in [1.54, 1.807) is 18.7 Å². The van der Waals surface area contributed by atoms with E-state index in [-0.39, 0.29) is 6.04 Å². The van der Waals surface area contributed by atoms with Crippen LogP contribution in [-0.4, -0.2) is 35.6 Å². The van der Waals surface area contributed by atoms with Crippen LogP contribution in [0.25, 0.3) is 22.3 Å². The Hall–Kier alpha value is -3.25. The number of fused-ring (bicyclic) bond motifs is 1. The molecule has 1 atom stereocenters. The van der Waals surface area contributed by atoms with Gasteiger partial charge in [-0.15, -0.1) is 0 Å². The normalized spacial score (nSPS) is 12.4. The fourth-order valence-corrected chi connectivity index (χ4v) is 3.11. The summed E-state index contributed by atoms with van der Waals surface area (Å²) in [4.78, 5) is 15.0. The molecule has 2 N–H and O–H groups in total. The van der Waals surface area contributed by atoms with Crippen molar-refractivity contribution in [2.24, 2.45) is 0 Å². The number of hydrogen-bond acceptors (Lipinski definition) is 5. The zero-order valence-corrected chi connectivity index (χ0v) is 15.4. The van der Waals surface area contributed by atoms with E-state index in [9.17, 15) is 0 Å². The number of pyridine rings is 1. The zero-order chi connectivity index (χ0) is 18.6. The van der Waals surface area contributed by atoms with Crippen molar-refractivity contribution in [2.75, 3.05) is 26.0 Å². The molecule has 3 aromatic heterocycles. The molecule has 0 bridgehead atoms. The first kappa shape index (κ1) is 17.2. The Balaban J connectivity index is 1.70. The number of rotatable bonds is 6. The number of nitrogens with zero attached hydrogens (tertiary/aromatic N) is 3. The number of hydrogen-bond donors (Lipinski definition) is 2. The predicted octanol–water partition coefficient (Wildman–Crippen LogP) is 2.58. The average molecular weight is 360 g/mol.